The highest BCUT2D eigenvalue weighted by Crippen LogP contribution is 2.29. The minimum absolute atomic E-state index is 0.186. The largest absolute Gasteiger partial charge is 0.482 e. The molecule has 21 heavy (non-hydrogen) atoms. The van der Waals surface area contributed by atoms with Gasteiger partial charge in [0.25, 0.3) is 0 Å². The van der Waals surface area contributed by atoms with E-state index in [2.05, 4.69) is 0 Å². The van der Waals surface area contributed by atoms with E-state index in [-0.39, 0.29) is 12.5 Å². The number of aliphatic carboxylic acids is 1. The third-order valence-corrected chi connectivity index (χ3v) is 3.82. The van der Waals surface area contributed by atoms with Gasteiger partial charge in [0.1, 0.15) is 5.75 Å². The van der Waals surface area contributed by atoms with Gasteiger partial charge < -0.3 is 14.7 Å². The summed E-state index contributed by atoms with van der Waals surface area (Å²) in [5.41, 5.74) is 1.00. The summed E-state index contributed by atoms with van der Waals surface area (Å²) in [5.74, 6) is 0.280. The first-order valence-corrected chi connectivity index (χ1v) is 7.22. The van der Waals surface area contributed by atoms with Gasteiger partial charge in [-0.05, 0) is 36.5 Å². The number of carboxylic acid groups (broad SMARTS) is 1. The molecule has 0 atom stereocenters. The standard InChI is InChI=1S/C16H21NO4/c1-17(15(18)9-12-3-2-4-12)10-13-5-7-14(8-6-13)21-11-16(19)20/h5-8,12H,2-4,9-11H2,1H3,(H,19,20). The molecule has 5 nitrogen and oxygen atoms in total. The van der Waals surface area contributed by atoms with Crippen LogP contribution in [-0.2, 0) is 16.1 Å². The van der Waals surface area contributed by atoms with Crippen molar-refractivity contribution in [3.63, 3.8) is 0 Å². The van der Waals surface area contributed by atoms with Crippen molar-refractivity contribution in [2.24, 2.45) is 5.92 Å². The first-order valence-electron chi connectivity index (χ1n) is 7.22. The lowest BCUT2D eigenvalue weighted by atomic mass is 9.83. The number of hydrogen-bond acceptors (Lipinski definition) is 3. The average molecular weight is 291 g/mol. The Hall–Kier alpha value is -2.04. The van der Waals surface area contributed by atoms with Gasteiger partial charge in [0, 0.05) is 20.0 Å². The number of ether oxygens (including phenoxy) is 1. The van der Waals surface area contributed by atoms with Crippen LogP contribution in [-0.4, -0.2) is 35.5 Å². The van der Waals surface area contributed by atoms with Crippen LogP contribution in [0.1, 0.15) is 31.2 Å². The van der Waals surface area contributed by atoms with Gasteiger partial charge in [0.05, 0.1) is 0 Å². The van der Waals surface area contributed by atoms with Crippen molar-refractivity contribution in [2.45, 2.75) is 32.2 Å². The van der Waals surface area contributed by atoms with Crippen LogP contribution in [0.3, 0.4) is 0 Å². The van der Waals surface area contributed by atoms with Crippen LogP contribution in [0.4, 0.5) is 0 Å². The molecular weight excluding hydrogens is 270 g/mol. The molecule has 0 spiro atoms. The maximum absolute atomic E-state index is 12.0. The number of amides is 1. The molecule has 5 heteroatoms. The molecule has 1 fully saturated rings. The van der Waals surface area contributed by atoms with Crippen LogP contribution in [0.15, 0.2) is 24.3 Å². The Morgan fingerprint density at radius 1 is 1.29 bits per heavy atom. The molecule has 0 aliphatic heterocycles. The lowest BCUT2D eigenvalue weighted by molar-refractivity contribution is -0.139. The summed E-state index contributed by atoms with van der Waals surface area (Å²) in [4.78, 5) is 24.2. The molecule has 1 aromatic rings. The van der Waals surface area contributed by atoms with Crippen LogP contribution < -0.4 is 4.74 Å². The number of hydrogen-bond donors (Lipinski definition) is 1. The van der Waals surface area contributed by atoms with Crippen LogP contribution in [0.25, 0.3) is 0 Å². The number of carboxylic acids is 1. The predicted octanol–water partition coefficient (Wildman–Crippen LogP) is 2.30. The van der Waals surface area contributed by atoms with Crippen LogP contribution >= 0.6 is 0 Å². The Morgan fingerprint density at radius 3 is 2.48 bits per heavy atom. The van der Waals surface area contributed by atoms with Crippen LogP contribution in [0.5, 0.6) is 5.75 Å². The fourth-order valence-corrected chi connectivity index (χ4v) is 2.30. The second-order valence-electron chi connectivity index (χ2n) is 5.58. The number of benzene rings is 1. The summed E-state index contributed by atoms with van der Waals surface area (Å²) in [7, 11) is 1.82. The van der Waals surface area contributed by atoms with Crippen molar-refractivity contribution in [1.29, 1.82) is 0 Å². The van der Waals surface area contributed by atoms with E-state index in [1.54, 1.807) is 17.0 Å². The fourth-order valence-electron chi connectivity index (χ4n) is 2.30. The molecule has 1 aliphatic rings. The molecule has 0 unspecified atom stereocenters. The third-order valence-electron chi connectivity index (χ3n) is 3.82. The Morgan fingerprint density at radius 2 is 1.95 bits per heavy atom. The van der Waals surface area contributed by atoms with Gasteiger partial charge in [-0.3, -0.25) is 4.79 Å². The maximum Gasteiger partial charge on any atom is 0.341 e. The minimum Gasteiger partial charge on any atom is -0.482 e. The van der Waals surface area contributed by atoms with Crippen LogP contribution in [0, 0.1) is 5.92 Å². The van der Waals surface area contributed by atoms with E-state index in [1.807, 2.05) is 19.2 Å². The summed E-state index contributed by atoms with van der Waals surface area (Å²) in [6, 6.07) is 7.15. The molecule has 1 amide bonds. The molecule has 0 aromatic heterocycles. The molecule has 0 bridgehead atoms. The normalized spacial score (nSPS) is 14.3. The first-order chi connectivity index (χ1) is 10.0. The molecule has 0 saturated heterocycles. The Bertz CT molecular complexity index is 494. The fraction of sp³-hybridized carbons (Fsp3) is 0.500. The molecule has 2 rings (SSSR count). The second kappa shape index (κ2) is 7.11. The minimum atomic E-state index is -1.000. The first kappa shape index (κ1) is 15.4. The van der Waals surface area contributed by atoms with Gasteiger partial charge in [-0.15, -0.1) is 0 Å². The summed E-state index contributed by atoms with van der Waals surface area (Å²) in [6.07, 6.45) is 4.25. The molecule has 1 N–H and O–H groups in total. The lowest BCUT2D eigenvalue weighted by Crippen LogP contribution is -2.29. The number of rotatable bonds is 7. The van der Waals surface area contributed by atoms with Crippen LogP contribution in [0.2, 0.25) is 0 Å². The lowest BCUT2D eigenvalue weighted by Gasteiger charge is -2.27. The number of carbonyl (C=O) groups is 2. The molecule has 1 aromatic carbocycles. The Labute approximate surface area is 124 Å². The quantitative estimate of drug-likeness (QED) is 0.837. The Kier molecular flexibility index (Phi) is 5.20. The summed E-state index contributed by atoms with van der Waals surface area (Å²) >= 11 is 0. The van der Waals surface area contributed by atoms with E-state index < -0.39 is 5.97 Å². The smallest absolute Gasteiger partial charge is 0.341 e. The van der Waals surface area contributed by atoms with Gasteiger partial charge in [0.15, 0.2) is 6.61 Å². The zero-order valence-electron chi connectivity index (χ0n) is 12.2. The van der Waals surface area contributed by atoms with E-state index >= 15 is 0 Å². The third kappa shape index (κ3) is 4.77. The molecule has 1 aliphatic carbocycles. The van der Waals surface area contributed by atoms with Gasteiger partial charge in [-0.25, -0.2) is 4.79 Å². The molecule has 0 radical (unpaired) electrons. The van der Waals surface area contributed by atoms with Gasteiger partial charge in [0.2, 0.25) is 5.91 Å². The maximum atomic E-state index is 12.0. The molecule has 1 saturated carbocycles. The molecule has 114 valence electrons. The Balaban J connectivity index is 1.81. The zero-order valence-corrected chi connectivity index (χ0v) is 12.2. The highest BCUT2D eigenvalue weighted by Gasteiger charge is 2.22. The SMILES string of the molecule is CN(Cc1ccc(OCC(=O)O)cc1)C(=O)CC1CCC1. The number of nitrogens with zero attached hydrogens (tertiary/aromatic N) is 1. The van der Waals surface area contributed by atoms with Crippen molar-refractivity contribution in [2.75, 3.05) is 13.7 Å². The van der Waals surface area contributed by atoms with Crippen molar-refractivity contribution in [3.05, 3.63) is 29.8 Å². The van der Waals surface area contributed by atoms with E-state index in [4.69, 9.17) is 9.84 Å². The van der Waals surface area contributed by atoms with Crippen molar-refractivity contribution in [1.82, 2.24) is 4.90 Å². The molecule has 0 heterocycles. The summed E-state index contributed by atoms with van der Waals surface area (Å²) in [6.45, 7) is 0.212. The van der Waals surface area contributed by atoms with Gasteiger partial charge in [-0.1, -0.05) is 18.6 Å². The van der Waals surface area contributed by atoms with Crippen molar-refractivity contribution in [3.8, 4) is 5.75 Å². The highest BCUT2D eigenvalue weighted by atomic mass is 16.5. The van der Waals surface area contributed by atoms with Gasteiger partial charge in [-0.2, -0.15) is 0 Å². The van der Waals surface area contributed by atoms with Gasteiger partial charge >= 0.3 is 5.97 Å². The van der Waals surface area contributed by atoms with Crippen molar-refractivity contribution < 1.29 is 19.4 Å². The number of carbonyl (C=O) groups excluding carboxylic acids is 1. The molecular formula is C16H21NO4. The van der Waals surface area contributed by atoms with Crippen molar-refractivity contribution >= 4 is 11.9 Å². The van der Waals surface area contributed by atoms with E-state index in [1.165, 1.54) is 19.3 Å². The topological polar surface area (TPSA) is 66.8 Å². The monoisotopic (exact) mass is 291 g/mol. The highest BCUT2D eigenvalue weighted by molar-refractivity contribution is 5.76. The predicted molar refractivity (Wildman–Crippen MR) is 78.0 cm³/mol. The zero-order chi connectivity index (χ0) is 15.2. The van der Waals surface area contributed by atoms with E-state index in [9.17, 15) is 9.59 Å². The average Bonchev–Trinajstić information content (AvgIpc) is 2.41. The second-order valence-corrected chi connectivity index (χ2v) is 5.58. The summed E-state index contributed by atoms with van der Waals surface area (Å²) < 4.78 is 5.07. The van der Waals surface area contributed by atoms with E-state index in [0.717, 1.165) is 5.56 Å². The van der Waals surface area contributed by atoms with E-state index in [0.29, 0.717) is 24.6 Å². The summed E-state index contributed by atoms with van der Waals surface area (Å²) in [5, 5.41) is 8.54.